The Balaban J connectivity index is 1.65. The monoisotopic (exact) mass is 412 g/mol. The van der Waals surface area contributed by atoms with Gasteiger partial charge in [0.1, 0.15) is 0 Å². The molecule has 4 rings (SSSR count). The predicted molar refractivity (Wildman–Crippen MR) is 112 cm³/mol. The lowest BCUT2D eigenvalue weighted by Crippen LogP contribution is -2.10. The molecule has 0 N–H and O–H groups in total. The van der Waals surface area contributed by atoms with Gasteiger partial charge in [-0.15, -0.1) is 0 Å². The van der Waals surface area contributed by atoms with Crippen LogP contribution in [0, 0.1) is 36.1 Å². The Kier molecular flexibility index (Phi) is 5.68. The normalized spacial score (nSPS) is 19.1. The molecule has 0 nitrogen and oxygen atoms in total. The summed E-state index contributed by atoms with van der Waals surface area (Å²) in [7, 11) is 0. The van der Waals surface area contributed by atoms with Crippen molar-refractivity contribution in [2.75, 3.05) is 0 Å². The first kappa shape index (κ1) is 20.6. The zero-order valence-corrected chi connectivity index (χ0v) is 17.1. The van der Waals surface area contributed by atoms with Gasteiger partial charge in [0, 0.05) is 16.7 Å². The highest BCUT2D eigenvalue weighted by atomic mass is 19.2. The summed E-state index contributed by atoms with van der Waals surface area (Å²) < 4.78 is 57.8. The minimum absolute atomic E-state index is 0.105. The fourth-order valence-corrected chi connectivity index (χ4v) is 4.36. The topological polar surface area (TPSA) is 0 Å². The Morgan fingerprint density at radius 2 is 1.10 bits per heavy atom. The van der Waals surface area contributed by atoms with Gasteiger partial charge in [0.15, 0.2) is 23.3 Å². The van der Waals surface area contributed by atoms with Crippen LogP contribution in [0.25, 0.3) is 22.3 Å². The maximum atomic E-state index is 14.9. The van der Waals surface area contributed by atoms with E-state index in [-0.39, 0.29) is 22.3 Å². The molecule has 156 valence electrons. The molecule has 0 aromatic heterocycles. The molecule has 3 aromatic carbocycles. The van der Waals surface area contributed by atoms with Crippen molar-refractivity contribution in [3.8, 4) is 22.3 Å². The summed E-state index contributed by atoms with van der Waals surface area (Å²) in [6.07, 6.45) is 4.72. The van der Waals surface area contributed by atoms with E-state index in [4.69, 9.17) is 0 Å². The number of rotatable bonds is 3. The Morgan fingerprint density at radius 1 is 0.600 bits per heavy atom. The van der Waals surface area contributed by atoms with Crippen LogP contribution >= 0.6 is 0 Å². The SMILES string of the molecule is Cc1ccc(-c2ccc(-c3ccc(C4CCC(C)CC4)cc3)c(F)c2F)c(F)c1F. The summed E-state index contributed by atoms with van der Waals surface area (Å²) in [5.41, 5.74) is 1.42. The maximum Gasteiger partial charge on any atom is 0.167 e. The fraction of sp³-hybridized carbons (Fsp3) is 0.308. The summed E-state index contributed by atoms with van der Waals surface area (Å²) in [6, 6.07) is 12.9. The zero-order valence-electron chi connectivity index (χ0n) is 17.1. The van der Waals surface area contributed by atoms with E-state index in [1.54, 1.807) is 12.1 Å². The summed E-state index contributed by atoms with van der Waals surface area (Å²) >= 11 is 0. The van der Waals surface area contributed by atoms with E-state index in [2.05, 4.69) is 6.92 Å². The number of benzene rings is 3. The summed E-state index contributed by atoms with van der Waals surface area (Å²) in [4.78, 5) is 0. The van der Waals surface area contributed by atoms with E-state index >= 15 is 0 Å². The lowest BCUT2D eigenvalue weighted by atomic mass is 9.79. The van der Waals surface area contributed by atoms with Gasteiger partial charge >= 0.3 is 0 Å². The lowest BCUT2D eigenvalue weighted by molar-refractivity contribution is 0.348. The zero-order chi connectivity index (χ0) is 21.4. The molecule has 0 aliphatic heterocycles. The molecule has 0 bridgehead atoms. The smallest absolute Gasteiger partial charge is 0.167 e. The molecule has 1 aliphatic carbocycles. The number of hydrogen-bond donors (Lipinski definition) is 0. The minimum Gasteiger partial charge on any atom is -0.203 e. The maximum absolute atomic E-state index is 14.9. The quantitative estimate of drug-likeness (QED) is 0.381. The highest BCUT2D eigenvalue weighted by Crippen LogP contribution is 2.37. The first-order valence-corrected chi connectivity index (χ1v) is 10.4. The van der Waals surface area contributed by atoms with Gasteiger partial charge in [-0.05, 0) is 48.3 Å². The second-order valence-corrected chi connectivity index (χ2v) is 8.43. The van der Waals surface area contributed by atoms with Gasteiger partial charge in [-0.3, -0.25) is 0 Å². The van der Waals surface area contributed by atoms with Gasteiger partial charge in [-0.1, -0.05) is 68.3 Å². The van der Waals surface area contributed by atoms with Crippen LogP contribution in [0.2, 0.25) is 0 Å². The summed E-state index contributed by atoms with van der Waals surface area (Å²) in [6.45, 7) is 3.69. The summed E-state index contributed by atoms with van der Waals surface area (Å²) in [5.74, 6) is -3.19. The van der Waals surface area contributed by atoms with Crippen LogP contribution in [0.3, 0.4) is 0 Å². The average molecular weight is 412 g/mol. The molecule has 4 heteroatoms. The van der Waals surface area contributed by atoms with Crippen molar-refractivity contribution in [2.24, 2.45) is 5.92 Å². The van der Waals surface area contributed by atoms with Crippen LogP contribution in [0.15, 0.2) is 48.5 Å². The third-order valence-electron chi connectivity index (χ3n) is 6.36. The Labute approximate surface area is 174 Å². The average Bonchev–Trinajstić information content (AvgIpc) is 2.75. The molecule has 0 spiro atoms. The third kappa shape index (κ3) is 3.76. The van der Waals surface area contributed by atoms with E-state index in [1.807, 2.05) is 12.1 Å². The van der Waals surface area contributed by atoms with Crippen molar-refractivity contribution in [3.63, 3.8) is 0 Å². The van der Waals surface area contributed by atoms with Crippen LogP contribution in [0.5, 0.6) is 0 Å². The predicted octanol–water partition coefficient (Wildman–Crippen LogP) is 8.18. The third-order valence-corrected chi connectivity index (χ3v) is 6.36. The second kappa shape index (κ2) is 8.25. The van der Waals surface area contributed by atoms with E-state index in [0.29, 0.717) is 11.5 Å². The van der Waals surface area contributed by atoms with Crippen molar-refractivity contribution >= 4 is 0 Å². The van der Waals surface area contributed by atoms with E-state index in [0.717, 1.165) is 18.8 Å². The van der Waals surface area contributed by atoms with Gasteiger partial charge in [0.05, 0.1) is 0 Å². The molecule has 0 amide bonds. The number of aryl methyl sites for hydroxylation is 1. The highest BCUT2D eigenvalue weighted by Gasteiger charge is 2.22. The second-order valence-electron chi connectivity index (χ2n) is 8.43. The number of hydrogen-bond acceptors (Lipinski definition) is 0. The van der Waals surface area contributed by atoms with E-state index in [1.165, 1.54) is 49.6 Å². The van der Waals surface area contributed by atoms with Crippen LogP contribution in [0.4, 0.5) is 17.6 Å². The van der Waals surface area contributed by atoms with Crippen molar-refractivity contribution in [3.05, 3.63) is 82.9 Å². The molecule has 0 heterocycles. The Bertz CT molecular complexity index is 1060. The van der Waals surface area contributed by atoms with Crippen LogP contribution in [-0.4, -0.2) is 0 Å². The van der Waals surface area contributed by atoms with Crippen molar-refractivity contribution in [2.45, 2.75) is 45.4 Å². The van der Waals surface area contributed by atoms with E-state index < -0.39 is 23.3 Å². The van der Waals surface area contributed by atoms with Gasteiger partial charge in [0.2, 0.25) is 0 Å². The molecule has 1 aliphatic rings. The molecule has 0 radical (unpaired) electrons. The Morgan fingerprint density at radius 3 is 1.73 bits per heavy atom. The van der Waals surface area contributed by atoms with Crippen molar-refractivity contribution in [1.82, 2.24) is 0 Å². The molecule has 1 fully saturated rings. The van der Waals surface area contributed by atoms with E-state index in [9.17, 15) is 17.6 Å². The molecule has 3 aromatic rings. The van der Waals surface area contributed by atoms with Crippen LogP contribution in [-0.2, 0) is 0 Å². The molecule has 1 saturated carbocycles. The molecule has 0 atom stereocenters. The summed E-state index contributed by atoms with van der Waals surface area (Å²) in [5, 5.41) is 0. The molecular formula is C26H24F4. The molecule has 0 saturated heterocycles. The molecule has 0 unspecified atom stereocenters. The van der Waals surface area contributed by atoms with Gasteiger partial charge in [-0.25, -0.2) is 17.6 Å². The van der Waals surface area contributed by atoms with Crippen molar-refractivity contribution < 1.29 is 17.6 Å². The first-order valence-electron chi connectivity index (χ1n) is 10.4. The highest BCUT2D eigenvalue weighted by molar-refractivity contribution is 5.72. The van der Waals surface area contributed by atoms with Crippen LogP contribution in [0.1, 0.15) is 49.7 Å². The number of halogens is 4. The first-order chi connectivity index (χ1) is 14.4. The largest absolute Gasteiger partial charge is 0.203 e. The van der Waals surface area contributed by atoms with Gasteiger partial charge in [-0.2, -0.15) is 0 Å². The fourth-order valence-electron chi connectivity index (χ4n) is 4.36. The van der Waals surface area contributed by atoms with Crippen molar-refractivity contribution in [1.29, 1.82) is 0 Å². The van der Waals surface area contributed by atoms with Gasteiger partial charge in [0.25, 0.3) is 0 Å². The molecular weight excluding hydrogens is 388 g/mol. The van der Waals surface area contributed by atoms with Crippen LogP contribution < -0.4 is 0 Å². The molecule has 30 heavy (non-hydrogen) atoms. The lowest BCUT2D eigenvalue weighted by Gasteiger charge is -2.26. The standard InChI is InChI=1S/C26H24F4/c1-15-3-6-17(7-4-15)18-8-10-19(11-9-18)20-13-14-22(26(30)24(20)28)21-12-5-16(2)23(27)25(21)29/h5,8-15,17H,3-4,6-7H2,1-2H3. The van der Waals surface area contributed by atoms with Gasteiger partial charge < -0.3 is 0 Å². The Hall–Kier alpha value is -2.62. The minimum atomic E-state index is -1.18.